The molecule has 4 aromatic rings. The molecule has 0 radical (unpaired) electrons. The lowest BCUT2D eigenvalue weighted by atomic mass is 10.2. The van der Waals surface area contributed by atoms with Gasteiger partial charge in [0.2, 0.25) is 10.1 Å². The minimum Gasteiger partial charge on any atom is -0.494 e. The summed E-state index contributed by atoms with van der Waals surface area (Å²) in [6, 6.07) is 11.2. The van der Waals surface area contributed by atoms with Crippen LogP contribution in [0.4, 0.5) is 9.52 Å². The summed E-state index contributed by atoms with van der Waals surface area (Å²) in [6.45, 7) is 2.50. The van der Waals surface area contributed by atoms with Gasteiger partial charge >= 0.3 is 0 Å². The molecule has 7 nitrogen and oxygen atoms in total. The first kappa shape index (κ1) is 18.3. The van der Waals surface area contributed by atoms with Crippen molar-refractivity contribution in [2.24, 2.45) is 0 Å². The molecule has 4 rings (SSSR count). The first-order valence-corrected chi connectivity index (χ1v) is 9.46. The fourth-order valence-electron chi connectivity index (χ4n) is 2.52. The van der Waals surface area contributed by atoms with Crippen molar-refractivity contribution in [3.8, 4) is 17.1 Å². The van der Waals surface area contributed by atoms with E-state index in [9.17, 15) is 9.18 Å². The molecule has 28 heavy (non-hydrogen) atoms. The maximum absolute atomic E-state index is 13.3. The van der Waals surface area contributed by atoms with Crippen molar-refractivity contribution >= 4 is 38.9 Å². The Labute approximate surface area is 167 Å². The molecule has 0 aliphatic rings. The second kappa shape index (κ2) is 7.53. The number of carbonyl (C=O) groups excluding carboxylic acids is 1. The van der Waals surface area contributed by atoms with Crippen molar-refractivity contribution in [3.05, 3.63) is 58.9 Å². The topological polar surface area (TPSA) is 81.4 Å². The zero-order valence-corrected chi connectivity index (χ0v) is 16.1. The van der Waals surface area contributed by atoms with E-state index in [1.165, 1.54) is 23.5 Å². The van der Waals surface area contributed by atoms with Crippen LogP contribution in [0.2, 0.25) is 5.02 Å². The fourth-order valence-corrected chi connectivity index (χ4v) is 3.44. The first-order chi connectivity index (χ1) is 13.5. The summed E-state index contributed by atoms with van der Waals surface area (Å²) in [5.74, 6) is 0.266. The molecule has 142 valence electrons. The van der Waals surface area contributed by atoms with Gasteiger partial charge in [-0.1, -0.05) is 22.9 Å². The highest BCUT2D eigenvalue weighted by Gasteiger charge is 2.16. The molecule has 1 N–H and O–H groups in total. The highest BCUT2D eigenvalue weighted by molar-refractivity contribution is 7.20. The van der Waals surface area contributed by atoms with Gasteiger partial charge in [0.05, 0.1) is 11.6 Å². The van der Waals surface area contributed by atoms with Crippen molar-refractivity contribution in [1.29, 1.82) is 0 Å². The number of nitrogens with one attached hydrogen (secondary N) is 1. The first-order valence-electron chi connectivity index (χ1n) is 8.27. The molecular weight excluding hydrogens is 405 g/mol. The number of anilines is 1. The van der Waals surface area contributed by atoms with Gasteiger partial charge in [0, 0.05) is 11.1 Å². The highest BCUT2D eigenvalue weighted by Crippen LogP contribution is 2.26. The Balaban J connectivity index is 1.58. The minimum atomic E-state index is -0.586. The van der Waals surface area contributed by atoms with Gasteiger partial charge < -0.3 is 4.74 Å². The van der Waals surface area contributed by atoms with Crippen LogP contribution in [0.15, 0.2) is 42.5 Å². The van der Waals surface area contributed by atoms with E-state index in [0.29, 0.717) is 22.5 Å². The third-order valence-electron chi connectivity index (χ3n) is 3.82. The van der Waals surface area contributed by atoms with Gasteiger partial charge in [0.1, 0.15) is 11.6 Å². The monoisotopic (exact) mass is 417 g/mol. The molecule has 0 spiro atoms. The molecule has 2 aromatic carbocycles. The summed E-state index contributed by atoms with van der Waals surface area (Å²) in [6.07, 6.45) is 0. The van der Waals surface area contributed by atoms with E-state index < -0.39 is 11.7 Å². The number of carbonyl (C=O) groups is 1. The molecule has 0 saturated carbocycles. The number of aromatic nitrogens is 4. The van der Waals surface area contributed by atoms with Gasteiger partial charge in [-0.2, -0.15) is 4.52 Å². The molecule has 2 aromatic heterocycles. The summed E-state index contributed by atoms with van der Waals surface area (Å²) in [7, 11) is 0. The number of ether oxygens (including phenoxy) is 1. The summed E-state index contributed by atoms with van der Waals surface area (Å²) < 4.78 is 20.2. The lowest BCUT2D eigenvalue weighted by Gasteiger charge is -2.03. The quantitative estimate of drug-likeness (QED) is 0.523. The van der Waals surface area contributed by atoms with Gasteiger partial charge in [-0.15, -0.1) is 15.3 Å². The average Bonchev–Trinajstić information content (AvgIpc) is 3.25. The largest absolute Gasteiger partial charge is 0.494 e. The van der Waals surface area contributed by atoms with Gasteiger partial charge in [-0.3, -0.25) is 10.1 Å². The Hall–Kier alpha value is -3.04. The molecular formula is C18H13ClFN5O2S. The molecule has 10 heteroatoms. The Morgan fingerprint density at radius 2 is 2.04 bits per heavy atom. The van der Waals surface area contributed by atoms with Crippen LogP contribution in [0.3, 0.4) is 0 Å². The average molecular weight is 418 g/mol. The Kier molecular flexibility index (Phi) is 4.93. The van der Waals surface area contributed by atoms with Crippen LogP contribution in [-0.4, -0.2) is 32.3 Å². The van der Waals surface area contributed by atoms with Gasteiger partial charge in [-0.05, 0) is 49.4 Å². The van der Waals surface area contributed by atoms with Gasteiger partial charge in [-0.25, -0.2) is 4.39 Å². The second-order valence-corrected chi connectivity index (χ2v) is 7.03. The van der Waals surface area contributed by atoms with Crippen molar-refractivity contribution in [1.82, 2.24) is 19.8 Å². The summed E-state index contributed by atoms with van der Waals surface area (Å²) in [5, 5.41) is 15.5. The SMILES string of the molecule is CCOc1ccc(-c2nnc3sc(NC(=O)c4ccc(F)c(Cl)c4)nn23)cc1. The van der Waals surface area contributed by atoms with Crippen molar-refractivity contribution < 1.29 is 13.9 Å². The van der Waals surface area contributed by atoms with Crippen LogP contribution in [0.1, 0.15) is 17.3 Å². The summed E-state index contributed by atoms with van der Waals surface area (Å²) in [4.78, 5) is 12.9. The number of hydrogen-bond donors (Lipinski definition) is 1. The van der Waals surface area contributed by atoms with Crippen LogP contribution in [0.25, 0.3) is 16.3 Å². The predicted octanol–water partition coefficient (Wildman–Crippen LogP) is 4.30. The van der Waals surface area contributed by atoms with Crippen molar-refractivity contribution in [2.75, 3.05) is 11.9 Å². The molecule has 0 saturated heterocycles. The number of amides is 1. The summed E-state index contributed by atoms with van der Waals surface area (Å²) in [5.41, 5.74) is 1.04. The van der Waals surface area contributed by atoms with Crippen molar-refractivity contribution in [2.45, 2.75) is 6.92 Å². The predicted molar refractivity (Wildman–Crippen MR) is 105 cm³/mol. The van der Waals surface area contributed by atoms with Gasteiger partial charge in [0.25, 0.3) is 5.91 Å². The van der Waals surface area contributed by atoms with Crippen LogP contribution in [0, 0.1) is 5.82 Å². The number of benzene rings is 2. The third kappa shape index (κ3) is 3.54. The smallest absolute Gasteiger partial charge is 0.257 e. The normalized spacial score (nSPS) is 11.0. The molecule has 2 heterocycles. The lowest BCUT2D eigenvalue weighted by molar-refractivity contribution is 0.102. The standard InChI is InChI=1S/C18H13ClFN5O2S/c1-2-27-12-6-3-10(4-7-12)15-22-23-18-25(15)24-17(28-18)21-16(26)11-5-8-14(20)13(19)9-11/h3-9H,2H2,1H3,(H,21,24,26). The van der Waals surface area contributed by atoms with Crippen LogP contribution >= 0.6 is 22.9 Å². The maximum atomic E-state index is 13.3. The maximum Gasteiger partial charge on any atom is 0.257 e. The van der Waals surface area contributed by atoms with E-state index in [-0.39, 0.29) is 10.6 Å². The Morgan fingerprint density at radius 1 is 1.25 bits per heavy atom. The van der Waals surface area contributed by atoms with E-state index in [2.05, 4.69) is 20.6 Å². The molecule has 0 aliphatic heterocycles. The van der Waals surface area contributed by atoms with Gasteiger partial charge in [0.15, 0.2) is 5.82 Å². The molecule has 0 aliphatic carbocycles. The zero-order valence-electron chi connectivity index (χ0n) is 14.5. The lowest BCUT2D eigenvalue weighted by Crippen LogP contribution is -2.12. The highest BCUT2D eigenvalue weighted by atomic mass is 35.5. The van der Waals surface area contributed by atoms with Crippen LogP contribution in [0.5, 0.6) is 5.75 Å². The minimum absolute atomic E-state index is 0.122. The van der Waals surface area contributed by atoms with Crippen LogP contribution < -0.4 is 10.1 Å². The zero-order chi connectivity index (χ0) is 19.7. The fraction of sp³-hybridized carbons (Fsp3) is 0.111. The number of hydrogen-bond acceptors (Lipinski definition) is 6. The number of rotatable bonds is 5. The third-order valence-corrected chi connectivity index (χ3v) is 4.92. The molecule has 0 bridgehead atoms. The molecule has 1 amide bonds. The molecule has 0 atom stereocenters. The summed E-state index contributed by atoms with van der Waals surface area (Å²) >= 11 is 6.90. The molecule has 0 unspecified atom stereocenters. The van der Waals surface area contributed by atoms with E-state index in [0.717, 1.165) is 17.4 Å². The number of fused-ring (bicyclic) bond motifs is 1. The van der Waals surface area contributed by atoms with E-state index in [1.807, 2.05) is 31.2 Å². The van der Waals surface area contributed by atoms with E-state index in [4.69, 9.17) is 16.3 Å². The second-order valence-electron chi connectivity index (χ2n) is 5.67. The Bertz CT molecular complexity index is 1160. The van der Waals surface area contributed by atoms with Crippen LogP contribution in [-0.2, 0) is 0 Å². The van der Waals surface area contributed by atoms with E-state index in [1.54, 1.807) is 4.52 Å². The Morgan fingerprint density at radius 3 is 2.75 bits per heavy atom. The number of nitrogens with zero attached hydrogens (tertiary/aromatic N) is 4. The van der Waals surface area contributed by atoms with Crippen molar-refractivity contribution in [3.63, 3.8) is 0 Å². The molecule has 0 fully saturated rings. The number of halogens is 2. The van der Waals surface area contributed by atoms with E-state index >= 15 is 0 Å².